The number of aromatic amines is 2. The maximum Gasteiger partial charge on any atom is 0.325 e. The quantitative estimate of drug-likeness (QED) is 0.597. The number of nitrogens with one attached hydrogen (secondary N) is 2. The number of aromatic nitrogens is 4. The first kappa shape index (κ1) is 8.11. The lowest BCUT2D eigenvalue weighted by atomic mass is 10.6. The third-order valence-corrected chi connectivity index (χ3v) is 2.41. The maximum atomic E-state index is 11.2. The van der Waals surface area contributed by atoms with Gasteiger partial charge in [-0.15, -0.1) is 0 Å². The Hall–Kier alpha value is -1.50. The second-order valence-corrected chi connectivity index (χ2v) is 3.73. The summed E-state index contributed by atoms with van der Waals surface area (Å²) in [6, 6.07) is 0. The van der Waals surface area contributed by atoms with Crippen molar-refractivity contribution in [3.63, 3.8) is 0 Å². The monoisotopic (exact) mass is 198 g/mol. The van der Waals surface area contributed by atoms with E-state index in [9.17, 15) is 9.00 Å². The topological polar surface area (TPSA) is 91.5 Å². The number of hydrogen-bond donors (Lipinski definition) is 2. The Morgan fingerprint density at radius 2 is 2.15 bits per heavy atom. The predicted molar refractivity (Wildman–Crippen MR) is 46.8 cm³/mol. The zero-order chi connectivity index (χ0) is 9.42. The molecule has 1 atom stereocenters. The molecule has 2 N–H and O–H groups in total. The number of nitrogens with zero attached hydrogens (tertiary/aromatic N) is 2. The minimum Gasteiger partial charge on any atom is -0.302 e. The van der Waals surface area contributed by atoms with Crippen LogP contribution in [-0.4, -0.2) is 30.4 Å². The van der Waals surface area contributed by atoms with Crippen LogP contribution < -0.4 is 5.69 Å². The third kappa shape index (κ3) is 1.26. The summed E-state index contributed by atoms with van der Waals surface area (Å²) in [5.41, 5.74) is 0.417. The van der Waals surface area contributed by atoms with Crippen LogP contribution in [0.4, 0.5) is 0 Å². The van der Waals surface area contributed by atoms with Crippen LogP contribution in [0, 0.1) is 0 Å². The maximum absolute atomic E-state index is 11.2. The molecule has 0 aliphatic carbocycles. The highest BCUT2D eigenvalue weighted by Crippen LogP contribution is 2.09. The summed E-state index contributed by atoms with van der Waals surface area (Å²) >= 11 is 0. The van der Waals surface area contributed by atoms with Gasteiger partial charge in [0.15, 0.2) is 10.7 Å². The minimum absolute atomic E-state index is 0.336. The molecule has 2 aromatic rings. The molecule has 0 aliphatic rings. The first-order valence-electron chi connectivity index (χ1n) is 3.45. The largest absolute Gasteiger partial charge is 0.325 e. The van der Waals surface area contributed by atoms with Gasteiger partial charge in [-0.05, 0) is 0 Å². The van der Waals surface area contributed by atoms with E-state index in [1.165, 1.54) is 12.6 Å². The van der Waals surface area contributed by atoms with Crippen molar-refractivity contribution in [2.45, 2.75) is 5.03 Å². The molecule has 0 saturated carbocycles. The van der Waals surface area contributed by atoms with Gasteiger partial charge in [-0.1, -0.05) is 0 Å². The lowest BCUT2D eigenvalue weighted by Crippen LogP contribution is -2.00. The molecule has 0 aliphatic heterocycles. The van der Waals surface area contributed by atoms with Gasteiger partial charge in [0.1, 0.15) is 11.8 Å². The SMILES string of the molecule is CS(=O)c1ncnc2[nH]c(=O)[nH]c12. The first-order valence-corrected chi connectivity index (χ1v) is 5.00. The molecule has 0 amide bonds. The molecular formula is C6H6N4O2S. The van der Waals surface area contributed by atoms with Crippen molar-refractivity contribution in [3.05, 3.63) is 16.8 Å². The van der Waals surface area contributed by atoms with Crippen molar-refractivity contribution in [2.24, 2.45) is 0 Å². The molecular weight excluding hydrogens is 192 g/mol. The molecule has 0 aromatic carbocycles. The van der Waals surface area contributed by atoms with Gasteiger partial charge in [0.2, 0.25) is 0 Å². The summed E-state index contributed by atoms with van der Waals surface area (Å²) < 4.78 is 11.2. The highest BCUT2D eigenvalue weighted by atomic mass is 32.2. The molecule has 0 saturated heterocycles. The van der Waals surface area contributed by atoms with Crippen molar-refractivity contribution < 1.29 is 4.21 Å². The predicted octanol–water partition coefficient (Wildman–Crippen LogP) is -0.616. The van der Waals surface area contributed by atoms with Gasteiger partial charge in [0.05, 0.1) is 10.8 Å². The normalized spacial score (nSPS) is 13.3. The van der Waals surface area contributed by atoms with E-state index in [0.29, 0.717) is 16.2 Å². The zero-order valence-corrected chi connectivity index (χ0v) is 7.51. The van der Waals surface area contributed by atoms with Gasteiger partial charge in [-0.25, -0.2) is 14.8 Å². The summed E-state index contributed by atoms with van der Waals surface area (Å²) in [6.07, 6.45) is 2.76. The molecule has 0 fully saturated rings. The number of fused-ring (bicyclic) bond motifs is 1. The number of imidazole rings is 1. The highest BCUT2D eigenvalue weighted by Gasteiger charge is 2.08. The average Bonchev–Trinajstić information content (AvgIpc) is 2.43. The van der Waals surface area contributed by atoms with E-state index in [0.717, 1.165) is 0 Å². The first-order chi connectivity index (χ1) is 6.18. The molecule has 68 valence electrons. The summed E-state index contributed by atoms with van der Waals surface area (Å²) in [5.74, 6) is 0. The van der Waals surface area contributed by atoms with E-state index in [-0.39, 0.29) is 5.69 Å². The summed E-state index contributed by atoms with van der Waals surface area (Å²) in [4.78, 5) is 23.5. The third-order valence-electron chi connectivity index (χ3n) is 1.56. The lowest BCUT2D eigenvalue weighted by Gasteiger charge is -1.94. The molecule has 2 aromatic heterocycles. The van der Waals surface area contributed by atoms with Gasteiger partial charge in [-0.3, -0.25) is 9.19 Å². The molecule has 0 bridgehead atoms. The van der Waals surface area contributed by atoms with Crippen LogP contribution in [0.1, 0.15) is 0 Å². The van der Waals surface area contributed by atoms with E-state index < -0.39 is 10.8 Å². The minimum atomic E-state index is -1.23. The molecule has 7 heteroatoms. The number of rotatable bonds is 1. The molecule has 6 nitrogen and oxygen atoms in total. The summed E-state index contributed by atoms with van der Waals surface area (Å²) in [7, 11) is -1.23. The molecule has 2 rings (SSSR count). The number of H-pyrrole nitrogens is 2. The highest BCUT2D eigenvalue weighted by molar-refractivity contribution is 7.84. The molecule has 13 heavy (non-hydrogen) atoms. The number of hydrogen-bond acceptors (Lipinski definition) is 4. The Labute approximate surface area is 74.9 Å². The van der Waals surface area contributed by atoms with E-state index in [1.807, 2.05) is 0 Å². The van der Waals surface area contributed by atoms with Crippen LogP contribution >= 0.6 is 0 Å². The summed E-state index contributed by atoms with van der Waals surface area (Å²) in [5, 5.41) is 0.336. The van der Waals surface area contributed by atoms with E-state index in [4.69, 9.17) is 0 Å². The fourth-order valence-corrected chi connectivity index (χ4v) is 1.68. The van der Waals surface area contributed by atoms with Crippen LogP contribution in [0.2, 0.25) is 0 Å². The van der Waals surface area contributed by atoms with Crippen molar-refractivity contribution in [3.8, 4) is 0 Å². The van der Waals surface area contributed by atoms with Crippen LogP contribution in [0.15, 0.2) is 16.1 Å². The van der Waals surface area contributed by atoms with Crippen molar-refractivity contribution >= 4 is 22.0 Å². The molecule has 0 radical (unpaired) electrons. The van der Waals surface area contributed by atoms with E-state index in [2.05, 4.69) is 19.9 Å². The van der Waals surface area contributed by atoms with Gasteiger partial charge in [0, 0.05) is 6.26 Å². The standard InChI is InChI=1S/C6H6N4O2S/c1-13(12)5-3-4(7-2-8-5)10-6(11)9-3/h2H,1H3,(H2,7,8,9,10,11). The Kier molecular flexibility index (Phi) is 1.73. The van der Waals surface area contributed by atoms with Gasteiger partial charge in [-0.2, -0.15) is 0 Å². The summed E-state index contributed by atoms with van der Waals surface area (Å²) in [6.45, 7) is 0. The van der Waals surface area contributed by atoms with Crippen LogP contribution in [0.5, 0.6) is 0 Å². The van der Waals surface area contributed by atoms with Crippen molar-refractivity contribution in [2.75, 3.05) is 6.26 Å². The fraction of sp³-hybridized carbons (Fsp3) is 0.167. The second-order valence-electron chi connectivity index (χ2n) is 2.44. The molecule has 2 heterocycles. The Balaban J connectivity index is 2.90. The van der Waals surface area contributed by atoms with Crippen LogP contribution in [-0.2, 0) is 10.8 Å². The zero-order valence-electron chi connectivity index (χ0n) is 6.70. The molecule has 1 unspecified atom stereocenters. The van der Waals surface area contributed by atoms with Gasteiger partial charge < -0.3 is 4.98 Å². The Morgan fingerprint density at radius 1 is 1.38 bits per heavy atom. The smallest absolute Gasteiger partial charge is 0.302 e. The van der Waals surface area contributed by atoms with Crippen LogP contribution in [0.3, 0.4) is 0 Å². The van der Waals surface area contributed by atoms with Crippen molar-refractivity contribution in [1.29, 1.82) is 0 Å². The van der Waals surface area contributed by atoms with E-state index in [1.54, 1.807) is 0 Å². The van der Waals surface area contributed by atoms with Crippen molar-refractivity contribution in [1.82, 2.24) is 19.9 Å². The lowest BCUT2D eigenvalue weighted by molar-refractivity contribution is 0.684. The van der Waals surface area contributed by atoms with Gasteiger partial charge >= 0.3 is 5.69 Å². The van der Waals surface area contributed by atoms with E-state index >= 15 is 0 Å². The Morgan fingerprint density at radius 3 is 2.85 bits per heavy atom. The fourth-order valence-electron chi connectivity index (χ4n) is 1.05. The van der Waals surface area contributed by atoms with Crippen LogP contribution in [0.25, 0.3) is 11.2 Å². The second kappa shape index (κ2) is 2.77. The Bertz CT molecular complexity index is 529. The van der Waals surface area contributed by atoms with Gasteiger partial charge in [0.25, 0.3) is 0 Å². The average molecular weight is 198 g/mol. The molecule has 0 spiro atoms.